The molecule has 0 unspecified atom stereocenters. The second-order valence-corrected chi connectivity index (χ2v) is 11.6. The van der Waals surface area contributed by atoms with Crippen LogP contribution in [0.15, 0.2) is 30.7 Å². The highest BCUT2D eigenvalue weighted by Crippen LogP contribution is 2.33. The van der Waals surface area contributed by atoms with Crippen molar-refractivity contribution in [3.63, 3.8) is 0 Å². The predicted molar refractivity (Wildman–Crippen MR) is 157 cm³/mol. The summed E-state index contributed by atoms with van der Waals surface area (Å²) in [7, 11) is 2.00. The number of ketones is 1. The van der Waals surface area contributed by atoms with Gasteiger partial charge in [0.05, 0.1) is 12.0 Å². The smallest absolute Gasteiger partial charge is 0.245 e. The minimum absolute atomic E-state index is 0.0325. The zero-order valence-electron chi connectivity index (χ0n) is 24.7. The van der Waals surface area contributed by atoms with E-state index in [2.05, 4.69) is 25.5 Å². The van der Waals surface area contributed by atoms with Crippen LogP contribution in [0.4, 0.5) is 10.1 Å². The fourth-order valence-electron chi connectivity index (χ4n) is 5.91. The lowest BCUT2D eigenvalue weighted by atomic mass is 9.77. The predicted octanol–water partition coefficient (Wildman–Crippen LogP) is 3.10. The van der Waals surface area contributed by atoms with Crippen LogP contribution in [0.2, 0.25) is 0 Å². The second kappa shape index (κ2) is 15.0. The molecule has 1 aromatic carbocycles. The topological polar surface area (TPSA) is 128 Å². The van der Waals surface area contributed by atoms with Crippen molar-refractivity contribution < 1.29 is 23.6 Å². The molecule has 3 N–H and O–H groups in total. The van der Waals surface area contributed by atoms with Crippen molar-refractivity contribution in [2.75, 3.05) is 38.5 Å². The van der Waals surface area contributed by atoms with Gasteiger partial charge in [-0.1, -0.05) is 32.3 Å². The van der Waals surface area contributed by atoms with E-state index in [0.717, 1.165) is 45.2 Å². The Kier molecular flexibility index (Phi) is 11.2. The number of benzene rings is 1. The SMILES string of the molecule is CCC(=O)N[C@H](Cc1ccc(NC(=O)[C@@H](CC(=O)Cc2cnc[nH]2)C2CCCCC2)c(F)c1)C(=O)N1CCN(C)CC1. The number of nitrogens with zero attached hydrogens (tertiary/aromatic N) is 3. The molecule has 10 nitrogen and oxygen atoms in total. The summed E-state index contributed by atoms with van der Waals surface area (Å²) in [6.07, 6.45) is 8.59. The summed E-state index contributed by atoms with van der Waals surface area (Å²) in [5.41, 5.74) is 1.27. The molecule has 11 heteroatoms. The lowest BCUT2D eigenvalue weighted by molar-refractivity contribution is -0.137. The van der Waals surface area contributed by atoms with Gasteiger partial charge in [-0.3, -0.25) is 19.2 Å². The van der Waals surface area contributed by atoms with Gasteiger partial charge in [0.2, 0.25) is 17.7 Å². The molecule has 2 aliphatic rings. The Hall–Kier alpha value is -3.60. The van der Waals surface area contributed by atoms with Crippen molar-refractivity contribution in [2.24, 2.45) is 11.8 Å². The van der Waals surface area contributed by atoms with Gasteiger partial charge < -0.3 is 25.4 Å². The number of aromatic nitrogens is 2. The first kappa shape index (κ1) is 31.3. The summed E-state index contributed by atoms with van der Waals surface area (Å²) in [5.74, 6) is -1.96. The quantitative estimate of drug-likeness (QED) is 0.353. The molecule has 2 fully saturated rings. The summed E-state index contributed by atoms with van der Waals surface area (Å²) in [6, 6.07) is 3.65. The largest absolute Gasteiger partial charge is 0.348 e. The fraction of sp³-hybridized carbons (Fsp3) is 0.581. The number of halogens is 1. The van der Waals surface area contributed by atoms with Crippen LogP contribution >= 0.6 is 0 Å². The summed E-state index contributed by atoms with van der Waals surface area (Å²) in [6.45, 7) is 4.36. The molecular weight excluding hydrogens is 539 g/mol. The molecule has 0 radical (unpaired) electrons. The van der Waals surface area contributed by atoms with E-state index in [4.69, 9.17) is 0 Å². The average molecular weight is 583 g/mol. The number of H-pyrrole nitrogens is 1. The number of carbonyl (C=O) groups is 4. The Morgan fingerprint density at radius 2 is 1.83 bits per heavy atom. The third-order valence-electron chi connectivity index (χ3n) is 8.45. The van der Waals surface area contributed by atoms with Crippen LogP contribution in [0.1, 0.15) is 63.1 Å². The monoisotopic (exact) mass is 582 g/mol. The molecule has 3 amide bonds. The molecule has 1 aliphatic carbocycles. The number of anilines is 1. The van der Waals surface area contributed by atoms with Crippen molar-refractivity contribution in [3.05, 3.63) is 47.8 Å². The number of hydrogen-bond donors (Lipinski definition) is 3. The first-order chi connectivity index (χ1) is 20.2. The number of hydrogen-bond acceptors (Lipinski definition) is 6. The number of rotatable bonds is 12. The van der Waals surface area contributed by atoms with Gasteiger partial charge in [-0.15, -0.1) is 0 Å². The third kappa shape index (κ3) is 8.70. The lowest BCUT2D eigenvalue weighted by Crippen LogP contribution is -2.54. The minimum Gasteiger partial charge on any atom is -0.348 e. The molecule has 4 rings (SSSR count). The molecule has 1 aromatic heterocycles. The molecule has 42 heavy (non-hydrogen) atoms. The minimum atomic E-state index is -0.808. The van der Waals surface area contributed by atoms with Crippen LogP contribution in [0.25, 0.3) is 0 Å². The molecule has 1 saturated heterocycles. The molecule has 228 valence electrons. The van der Waals surface area contributed by atoms with Crippen molar-refractivity contribution >= 4 is 29.2 Å². The maximum atomic E-state index is 15.3. The Morgan fingerprint density at radius 1 is 1.10 bits per heavy atom. The number of imidazole rings is 1. The summed E-state index contributed by atoms with van der Waals surface area (Å²) < 4.78 is 15.3. The first-order valence-electron chi connectivity index (χ1n) is 15.1. The van der Waals surface area contributed by atoms with Crippen LogP contribution in [-0.4, -0.2) is 82.5 Å². The third-order valence-corrected chi connectivity index (χ3v) is 8.45. The highest BCUT2D eigenvalue weighted by molar-refractivity contribution is 5.96. The summed E-state index contributed by atoms with van der Waals surface area (Å²) in [5, 5.41) is 5.54. The number of carbonyl (C=O) groups excluding carboxylic acids is 4. The number of aromatic amines is 1. The standard InChI is InChI=1S/C31H43FN6O4/c1-3-29(40)35-28(31(42)38-13-11-37(2)12-14-38)16-21-9-10-27(26(32)15-21)36-30(41)25(22-7-5-4-6-8-22)18-24(39)17-23-19-33-20-34-23/h9-10,15,19-20,22,25,28H,3-8,11-14,16-18H2,1-2H3,(H,33,34)(H,35,40)(H,36,41)/t25-,28+/m0/s1. The summed E-state index contributed by atoms with van der Waals surface area (Å²) in [4.78, 5) is 62.6. The van der Waals surface area contributed by atoms with E-state index in [9.17, 15) is 19.2 Å². The van der Waals surface area contributed by atoms with Crippen molar-refractivity contribution in [3.8, 4) is 0 Å². The highest BCUT2D eigenvalue weighted by Gasteiger charge is 2.32. The highest BCUT2D eigenvalue weighted by atomic mass is 19.1. The molecule has 2 atom stereocenters. The number of piperazine rings is 1. The van der Waals surface area contributed by atoms with E-state index in [0.29, 0.717) is 24.3 Å². The normalized spacial score (nSPS) is 17.8. The van der Waals surface area contributed by atoms with E-state index in [1.807, 2.05) is 7.05 Å². The van der Waals surface area contributed by atoms with Gasteiger partial charge in [-0.2, -0.15) is 0 Å². The number of Topliss-reactive ketones (excluding diaryl/α,β-unsaturated/α-hetero) is 1. The van der Waals surface area contributed by atoms with E-state index >= 15 is 4.39 Å². The van der Waals surface area contributed by atoms with Crippen LogP contribution in [0.5, 0.6) is 0 Å². The van der Waals surface area contributed by atoms with E-state index in [1.54, 1.807) is 24.1 Å². The lowest BCUT2D eigenvalue weighted by Gasteiger charge is -2.34. The van der Waals surface area contributed by atoms with Gasteiger partial charge >= 0.3 is 0 Å². The Balaban J connectivity index is 1.44. The maximum absolute atomic E-state index is 15.3. The van der Waals surface area contributed by atoms with Crippen LogP contribution in [0, 0.1) is 17.7 Å². The molecule has 2 heterocycles. The molecule has 0 bridgehead atoms. The van der Waals surface area contributed by atoms with E-state index < -0.39 is 17.8 Å². The zero-order chi connectivity index (χ0) is 30.1. The Labute approximate surface area is 246 Å². The van der Waals surface area contributed by atoms with Crippen LogP contribution in [-0.2, 0) is 32.0 Å². The summed E-state index contributed by atoms with van der Waals surface area (Å²) >= 11 is 0. The second-order valence-electron chi connectivity index (χ2n) is 11.6. The number of amides is 3. The zero-order valence-corrected chi connectivity index (χ0v) is 24.7. The van der Waals surface area contributed by atoms with E-state index in [-0.39, 0.29) is 60.8 Å². The number of likely N-dealkylation sites (N-methyl/N-ethyl adjacent to an activating group) is 1. The van der Waals surface area contributed by atoms with Crippen LogP contribution < -0.4 is 10.6 Å². The maximum Gasteiger partial charge on any atom is 0.245 e. The molecule has 1 saturated carbocycles. The van der Waals surface area contributed by atoms with Gasteiger partial charge in [0, 0.05) is 69.7 Å². The molecule has 0 spiro atoms. The van der Waals surface area contributed by atoms with E-state index in [1.165, 1.54) is 18.5 Å². The van der Waals surface area contributed by atoms with Crippen molar-refractivity contribution in [2.45, 2.75) is 70.8 Å². The van der Waals surface area contributed by atoms with Gasteiger partial charge in [0.15, 0.2) is 0 Å². The van der Waals surface area contributed by atoms with Crippen molar-refractivity contribution in [1.29, 1.82) is 0 Å². The first-order valence-corrected chi connectivity index (χ1v) is 15.1. The fourth-order valence-corrected chi connectivity index (χ4v) is 5.91. The number of nitrogens with one attached hydrogen (secondary N) is 3. The average Bonchev–Trinajstić information content (AvgIpc) is 3.50. The van der Waals surface area contributed by atoms with Gasteiger partial charge in [0.25, 0.3) is 0 Å². The van der Waals surface area contributed by atoms with Gasteiger partial charge in [-0.25, -0.2) is 9.37 Å². The van der Waals surface area contributed by atoms with Crippen molar-refractivity contribution in [1.82, 2.24) is 25.1 Å². The molecule has 2 aromatic rings. The van der Waals surface area contributed by atoms with Gasteiger partial charge in [-0.05, 0) is 43.5 Å². The van der Waals surface area contributed by atoms with Gasteiger partial charge in [0.1, 0.15) is 17.6 Å². The van der Waals surface area contributed by atoms with Crippen LogP contribution in [0.3, 0.4) is 0 Å². The Morgan fingerprint density at radius 3 is 2.48 bits per heavy atom. The molecule has 1 aliphatic heterocycles. The Bertz CT molecular complexity index is 1220. The molecular formula is C31H43FN6O4.